The van der Waals surface area contributed by atoms with E-state index >= 15 is 0 Å². The first-order valence-corrected chi connectivity index (χ1v) is 8.46. The van der Waals surface area contributed by atoms with Crippen LogP contribution in [-0.4, -0.2) is 40.5 Å². The molecule has 1 heterocycles. The van der Waals surface area contributed by atoms with Crippen molar-refractivity contribution >= 4 is 23.3 Å². The van der Waals surface area contributed by atoms with Crippen LogP contribution in [-0.2, 0) is 11.3 Å². The number of halogens is 1. The van der Waals surface area contributed by atoms with Gasteiger partial charge in [0.05, 0.1) is 38.6 Å². The quantitative estimate of drug-likeness (QED) is 0.743. The average Bonchev–Trinajstić information content (AvgIpc) is 2.67. The Bertz CT molecular complexity index is 807. The zero-order valence-corrected chi connectivity index (χ0v) is 15.6. The molecule has 0 aromatic heterocycles. The Morgan fingerprint density at radius 1 is 1.19 bits per heavy atom. The molecule has 0 atom stereocenters. The Morgan fingerprint density at radius 2 is 1.92 bits per heavy atom. The van der Waals surface area contributed by atoms with Crippen LogP contribution in [0.4, 0.5) is 5.69 Å². The van der Waals surface area contributed by atoms with Crippen LogP contribution in [0.5, 0.6) is 17.2 Å². The lowest BCUT2D eigenvalue weighted by Gasteiger charge is -2.33. The van der Waals surface area contributed by atoms with Crippen LogP contribution in [0.2, 0.25) is 5.02 Å². The summed E-state index contributed by atoms with van der Waals surface area (Å²) < 4.78 is 21.2. The van der Waals surface area contributed by atoms with E-state index in [4.69, 9.17) is 30.5 Å². The molecule has 0 fully saturated rings. The summed E-state index contributed by atoms with van der Waals surface area (Å²) in [5, 5.41) is 0.330. The zero-order chi connectivity index (χ0) is 18.7. The molecule has 0 N–H and O–H groups in total. The van der Waals surface area contributed by atoms with Crippen LogP contribution in [0.3, 0.4) is 0 Å². The third-order valence-corrected chi connectivity index (χ3v) is 4.52. The van der Waals surface area contributed by atoms with Gasteiger partial charge >= 0.3 is 5.97 Å². The van der Waals surface area contributed by atoms with E-state index in [-0.39, 0.29) is 11.3 Å². The number of carbonyl (C=O) groups excluding carboxylic acids is 1. The number of ether oxygens (including phenoxy) is 4. The van der Waals surface area contributed by atoms with Gasteiger partial charge < -0.3 is 23.8 Å². The summed E-state index contributed by atoms with van der Waals surface area (Å²) in [5.74, 6) is 0.935. The summed E-state index contributed by atoms with van der Waals surface area (Å²) in [7, 11) is 4.40. The lowest BCUT2D eigenvalue weighted by molar-refractivity contribution is 0.0591. The molecule has 2 aromatic carbocycles. The summed E-state index contributed by atoms with van der Waals surface area (Å²) >= 11 is 6.34. The first-order valence-electron chi connectivity index (χ1n) is 8.08. The van der Waals surface area contributed by atoms with E-state index in [1.807, 2.05) is 24.3 Å². The molecule has 2 aromatic rings. The standard InChI is InChI=1S/C19H20ClNO5/c1-23-13-6-4-12(5-7-13)11-21-8-9-26-18-15(21)10-14(20)17(24-2)16(18)19(22)25-3/h4-7,10H,8-9,11H2,1-3H3. The monoisotopic (exact) mass is 377 g/mol. The van der Waals surface area contributed by atoms with Crippen LogP contribution in [0.15, 0.2) is 30.3 Å². The molecule has 0 saturated heterocycles. The lowest BCUT2D eigenvalue weighted by atomic mass is 10.1. The highest BCUT2D eigenvalue weighted by Crippen LogP contribution is 2.45. The molecular formula is C19H20ClNO5. The van der Waals surface area contributed by atoms with E-state index < -0.39 is 5.97 Å². The van der Waals surface area contributed by atoms with Gasteiger partial charge in [-0.25, -0.2) is 4.79 Å². The van der Waals surface area contributed by atoms with Crippen molar-refractivity contribution in [2.45, 2.75) is 6.54 Å². The first kappa shape index (κ1) is 18.2. The molecule has 0 saturated carbocycles. The molecule has 0 amide bonds. The Kier molecular flexibility index (Phi) is 5.42. The molecule has 0 aliphatic carbocycles. The van der Waals surface area contributed by atoms with Gasteiger partial charge in [0.1, 0.15) is 17.9 Å². The summed E-state index contributed by atoms with van der Waals surface area (Å²) in [5.41, 5.74) is 2.04. The number of methoxy groups -OCH3 is 3. The Hall–Kier alpha value is -2.60. The van der Waals surface area contributed by atoms with Crippen molar-refractivity contribution in [2.24, 2.45) is 0 Å². The molecule has 138 valence electrons. The highest BCUT2D eigenvalue weighted by Gasteiger charge is 2.30. The Morgan fingerprint density at radius 3 is 2.54 bits per heavy atom. The number of hydrogen-bond acceptors (Lipinski definition) is 6. The van der Waals surface area contributed by atoms with Crippen molar-refractivity contribution in [2.75, 3.05) is 39.4 Å². The number of benzene rings is 2. The molecule has 26 heavy (non-hydrogen) atoms. The number of carbonyl (C=O) groups is 1. The lowest BCUT2D eigenvalue weighted by Crippen LogP contribution is -2.33. The van der Waals surface area contributed by atoms with Crippen molar-refractivity contribution in [1.82, 2.24) is 0 Å². The van der Waals surface area contributed by atoms with E-state index in [2.05, 4.69) is 4.90 Å². The highest BCUT2D eigenvalue weighted by molar-refractivity contribution is 6.33. The third-order valence-electron chi connectivity index (χ3n) is 4.24. The molecule has 6 nitrogen and oxygen atoms in total. The van der Waals surface area contributed by atoms with Crippen molar-refractivity contribution in [1.29, 1.82) is 0 Å². The van der Waals surface area contributed by atoms with Crippen LogP contribution in [0, 0.1) is 0 Å². The average molecular weight is 378 g/mol. The highest BCUT2D eigenvalue weighted by atomic mass is 35.5. The fraction of sp³-hybridized carbons (Fsp3) is 0.316. The minimum atomic E-state index is -0.549. The van der Waals surface area contributed by atoms with Gasteiger partial charge in [-0.3, -0.25) is 0 Å². The summed E-state index contributed by atoms with van der Waals surface area (Å²) in [6.45, 7) is 1.75. The number of nitrogens with zero attached hydrogens (tertiary/aromatic N) is 1. The fourth-order valence-corrected chi connectivity index (χ4v) is 3.24. The minimum absolute atomic E-state index is 0.205. The third kappa shape index (κ3) is 3.37. The van der Waals surface area contributed by atoms with Crippen molar-refractivity contribution in [3.63, 3.8) is 0 Å². The summed E-state index contributed by atoms with van der Waals surface area (Å²) in [6, 6.07) is 9.58. The fourth-order valence-electron chi connectivity index (χ4n) is 2.96. The second-order valence-electron chi connectivity index (χ2n) is 5.72. The molecule has 0 bridgehead atoms. The van der Waals surface area contributed by atoms with Crippen molar-refractivity contribution in [3.05, 3.63) is 46.5 Å². The smallest absolute Gasteiger partial charge is 0.345 e. The maximum atomic E-state index is 12.3. The van der Waals surface area contributed by atoms with Gasteiger partial charge in [0.25, 0.3) is 0 Å². The minimum Gasteiger partial charge on any atom is -0.497 e. The molecule has 0 spiro atoms. The molecule has 1 aliphatic heterocycles. The predicted octanol–water partition coefficient (Wildman–Crippen LogP) is 3.54. The zero-order valence-electron chi connectivity index (χ0n) is 14.9. The maximum Gasteiger partial charge on any atom is 0.345 e. The van der Waals surface area contributed by atoms with Crippen molar-refractivity contribution in [3.8, 4) is 17.2 Å². The Labute approximate surface area is 157 Å². The molecule has 1 aliphatic rings. The van der Waals surface area contributed by atoms with E-state index in [0.29, 0.717) is 30.5 Å². The number of esters is 1. The topological polar surface area (TPSA) is 57.2 Å². The van der Waals surface area contributed by atoms with E-state index in [1.165, 1.54) is 14.2 Å². The van der Waals surface area contributed by atoms with Gasteiger partial charge in [-0.15, -0.1) is 0 Å². The molecular weight excluding hydrogens is 358 g/mol. The van der Waals surface area contributed by atoms with Crippen LogP contribution in [0.1, 0.15) is 15.9 Å². The maximum absolute atomic E-state index is 12.3. The number of rotatable bonds is 5. The van der Waals surface area contributed by atoms with Crippen LogP contribution in [0.25, 0.3) is 0 Å². The van der Waals surface area contributed by atoms with E-state index in [1.54, 1.807) is 13.2 Å². The van der Waals surface area contributed by atoms with Gasteiger partial charge in [-0.05, 0) is 23.8 Å². The van der Waals surface area contributed by atoms with E-state index in [0.717, 1.165) is 17.0 Å². The first-order chi connectivity index (χ1) is 12.6. The van der Waals surface area contributed by atoms with Gasteiger partial charge in [0, 0.05) is 6.54 Å². The second-order valence-corrected chi connectivity index (χ2v) is 6.13. The van der Waals surface area contributed by atoms with Crippen molar-refractivity contribution < 1.29 is 23.7 Å². The van der Waals surface area contributed by atoms with E-state index in [9.17, 15) is 4.79 Å². The predicted molar refractivity (Wildman–Crippen MR) is 98.9 cm³/mol. The van der Waals surface area contributed by atoms with Crippen LogP contribution < -0.4 is 19.1 Å². The molecule has 7 heteroatoms. The van der Waals surface area contributed by atoms with Gasteiger partial charge in [0.2, 0.25) is 0 Å². The number of hydrogen-bond donors (Lipinski definition) is 0. The number of fused-ring (bicyclic) bond motifs is 1. The molecule has 0 radical (unpaired) electrons. The van der Waals surface area contributed by atoms with Gasteiger partial charge in [0.15, 0.2) is 11.5 Å². The largest absolute Gasteiger partial charge is 0.497 e. The SMILES string of the molecule is COC(=O)c1c(OC)c(Cl)cc2c1OCCN2Cc1ccc(OC)cc1. The normalized spacial score (nSPS) is 12.8. The van der Waals surface area contributed by atoms with Crippen LogP contribution >= 0.6 is 11.6 Å². The molecule has 3 rings (SSSR count). The summed E-state index contributed by atoms with van der Waals surface area (Å²) in [4.78, 5) is 14.4. The van der Waals surface area contributed by atoms with Gasteiger partial charge in [-0.1, -0.05) is 23.7 Å². The van der Waals surface area contributed by atoms with Gasteiger partial charge in [-0.2, -0.15) is 0 Å². The summed E-state index contributed by atoms with van der Waals surface area (Å²) in [6.07, 6.45) is 0. The Balaban J connectivity index is 2.00. The number of anilines is 1. The molecule has 0 unspecified atom stereocenters. The second kappa shape index (κ2) is 7.74.